The Kier molecular flexibility index (Phi) is 5.88. The molecule has 0 bridgehead atoms. The van der Waals surface area contributed by atoms with Gasteiger partial charge in [0.2, 0.25) is 0 Å². The van der Waals surface area contributed by atoms with Gasteiger partial charge in [0.15, 0.2) is 0 Å². The normalized spacial score (nSPS) is 30.6. The third-order valence-corrected chi connectivity index (χ3v) is 5.12. The minimum Gasteiger partial charge on any atom is -0.313 e. The van der Waals surface area contributed by atoms with Crippen LogP contribution in [0.25, 0.3) is 0 Å². The van der Waals surface area contributed by atoms with Crippen molar-refractivity contribution in [3.05, 3.63) is 0 Å². The van der Waals surface area contributed by atoms with Gasteiger partial charge in [-0.25, -0.2) is 0 Å². The van der Waals surface area contributed by atoms with Crippen LogP contribution < -0.4 is 5.32 Å². The lowest BCUT2D eigenvalue weighted by Gasteiger charge is -2.42. The van der Waals surface area contributed by atoms with Gasteiger partial charge in [0.1, 0.15) is 0 Å². The molecule has 2 fully saturated rings. The molecule has 0 aromatic rings. The predicted octanol–water partition coefficient (Wildman–Crippen LogP) is 2.57. The Labute approximate surface area is 126 Å². The van der Waals surface area contributed by atoms with Crippen LogP contribution in [0.3, 0.4) is 0 Å². The Bertz CT molecular complexity index is 276. The monoisotopic (exact) mass is 281 g/mol. The Morgan fingerprint density at radius 2 is 1.75 bits per heavy atom. The third kappa shape index (κ3) is 5.01. The van der Waals surface area contributed by atoms with Crippen LogP contribution >= 0.6 is 0 Å². The molecule has 118 valence electrons. The second-order valence-corrected chi connectivity index (χ2v) is 7.92. The smallest absolute Gasteiger partial charge is 0.0126 e. The molecule has 1 aliphatic carbocycles. The van der Waals surface area contributed by atoms with E-state index in [0.717, 1.165) is 12.0 Å². The van der Waals surface area contributed by atoms with Crippen molar-refractivity contribution in [3.8, 4) is 0 Å². The summed E-state index contributed by atoms with van der Waals surface area (Å²) >= 11 is 0. The largest absolute Gasteiger partial charge is 0.313 e. The van der Waals surface area contributed by atoms with Crippen molar-refractivity contribution in [2.45, 2.75) is 65.0 Å². The molecular weight excluding hydrogens is 246 g/mol. The fraction of sp³-hybridized carbons (Fsp3) is 1.00. The Morgan fingerprint density at radius 3 is 2.35 bits per heavy atom. The fourth-order valence-electron chi connectivity index (χ4n) is 3.69. The molecule has 2 aliphatic rings. The minimum atomic E-state index is 0.336. The first-order valence-corrected chi connectivity index (χ1v) is 8.66. The van der Waals surface area contributed by atoms with Crippen molar-refractivity contribution in [3.63, 3.8) is 0 Å². The minimum absolute atomic E-state index is 0.336. The highest BCUT2D eigenvalue weighted by Crippen LogP contribution is 2.23. The number of piperazine rings is 1. The van der Waals surface area contributed by atoms with E-state index in [1.54, 1.807) is 0 Å². The Balaban J connectivity index is 1.59. The van der Waals surface area contributed by atoms with E-state index in [2.05, 4.69) is 42.8 Å². The van der Waals surface area contributed by atoms with Crippen molar-refractivity contribution in [2.75, 3.05) is 39.3 Å². The second kappa shape index (κ2) is 7.24. The molecule has 0 aromatic heterocycles. The molecule has 2 rings (SSSR count). The van der Waals surface area contributed by atoms with Crippen LogP contribution in [0, 0.1) is 5.92 Å². The van der Waals surface area contributed by atoms with Crippen LogP contribution in [0.15, 0.2) is 0 Å². The molecule has 1 saturated heterocycles. The number of nitrogens with zero attached hydrogens (tertiary/aromatic N) is 2. The van der Waals surface area contributed by atoms with E-state index in [-0.39, 0.29) is 0 Å². The molecule has 1 heterocycles. The maximum atomic E-state index is 3.79. The summed E-state index contributed by atoms with van der Waals surface area (Å²) in [5.41, 5.74) is 0.336. The van der Waals surface area contributed by atoms with E-state index in [9.17, 15) is 0 Å². The Hall–Kier alpha value is -0.120. The van der Waals surface area contributed by atoms with E-state index in [4.69, 9.17) is 0 Å². The summed E-state index contributed by atoms with van der Waals surface area (Å²) in [6, 6.07) is 0.787. The lowest BCUT2D eigenvalue weighted by molar-refractivity contribution is 0.0622. The highest BCUT2D eigenvalue weighted by Gasteiger charge is 2.25. The standard InChI is InChI=1S/C17H35N3/c1-15-6-5-7-16(14-15)18-8-9-19-10-12-20(13-11-19)17(2,3)4/h15-16,18H,5-14H2,1-4H3. The Morgan fingerprint density at radius 1 is 1.05 bits per heavy atom. The van der Waals surface area contributed by atoms with Crippen LogP contribution in [-0.2, 0) is 0 Å². The van der Waals surface area contributed by atoms with Gasteiger partial charge in [0.05, 0.1) is 0 Å². The zero-order valence-electron chi connectivity index (χ0n) is 14.1. The van der Waals surface area contributed by atoms with Crippen LogP contribution in [0.1, 0.15) is 53.4 Å². The van der Waals surface area contributed by atoms with E-state index in [1.165, 1.54) is 65.0 Å². The topological polar surface area (TPSA) is 18.5 Å². The number of hydrogen-bond acceptors (Lipinski definition) is 3. The van der Waals surface area contributed by atoms with Gasteiger partial charge in [-0.2, -0.15) is 0 Å². The molecule has 2 atom stereocenters. The third-order valence-electron chi connectivity index (χ3n) is 5.12. The molecule has 0 aromatic carbocycles. The molecule has 1 N–H and O–H groups in total. The molecule has 3 nitrogen and oxygen atoms in total. The van der Waals surface area contributed by atoms with E-state index >= 15 is 0 Å². The SMILES string of the molecule is CC1CCCC(NCCN2CCN(C(C)(C)C)CC2)C1. The maximum Gasteiger partial charge on any atom is 0.0126 e. The zero-order chi connectivity index (χ0) is 14.6. The quantitative estimate of drug-likeness (QED) is 0.854. The van der Waals surface area contributed by atoms with Crippen molar-refractivity contribution >= 4 is 0 Å². The lowest BCUT2D eigenvalue weighted by atomic mass is 9.87. The molecule has 20 heavy (non-hydrogen) atoms. The highest BCUT2D eigenvalue weighted by atomic mass is 15.3. The summed E-state index contributed by atoms with van der Waals surface area (Å²) in [4.78, 5) is 5.24. The number of rotatable bonds is 4. The van der Waals surface area contributed by atoms with Crippen LogP contribution in [-0.4, -0.2) is 60.6 Å². The zero-order valence-corrected chi connectivity index (χ0v) is 14.1. The predicted molar refractivity (Wildman–Crippen MR) is 87.2 cm³/mol. The van der Waals surface area contributed by atoms with Crippen LogP contribution in [0.5, 0.6) is 0 Å². The summed E-state index contributed by atoms with van der Waals surface area (Å²) in [5, 5.41) is 3.79. The summed E-state index contributed by atoms with van der Waals surface area (Å²) in [7, 11) is 0. The first kappa shape index (κ1) is 16.3. The van der Waals surface area contributed by atoms with Gasteiger partial charge in [-0.05, 0) is 39.5 Å². The lowest BCUT2D eigenvalue weighted by Crippen LogP contribution is -2.54. The fourth-order valence-corrected chi connectivity index (χ4v) is 3.69. The first-order chi connectivity index (χ1) is 9.45. The highest BCUT2D eigenvalue weighted by molar-refractivity contribution is 4.82. The second-order valence-electron chi connectivity index (χ2n) is 7.92. The molecule has 0 spiro atoms. The summed E-state index contributed by atoms with van der Waals surface area (Å²) in [6.07, 6.45) is 5.63. The number of nitrogens with one attached hydrogen (secondary N) is 1. The van der Waals surface area contributed by atoms with E-state index in [0.29, 0.717) is 5.54 Å². The van der Waals surface area contributed by atoms with Crippen molar-refractivity contribution in [1.82, 2.24) is 15.1 Å². The molecule has 2 unspecified atom stereocenters. The van der Waals surface area contributed by atoms with E-state index < -0.39 is 0 Å². The van der Waals surface area contributed by atoms with Gasteiger partial charge in [-0.1, -0.05) is 19.8 Å². The summed E-state index contributed by atoms with van der Waals surface area (Å²) in [6.45, 7) is 16.7. The van der Waals surface area contributed by atoms with Crippen LogP contribution in [0.4, 0.5) is 0 Å². The van der Waals surface area contributed by atoms with Crippen molar-refractivity contribution in [1.29, 1.82) is 0 Å². The molecule has 0 amide bonds. The van der Waals surface area contributed by atoms with E-state index in [1.807, 2.05) is 0 Å². The van der Waals surface area contributed by atoms with Gasteiger partial charge >= 0.3 is 0 Å². The van der Waals surface area contributed by atoms with Gasteiger partial charge in [0, 0.05) is 50.8 Å². The molecule has 1 saturated carbocycles. The van der Waals surface area contributed by atoms with Crippen molar-refractivity contribution in [2.24, 2.45) is 5.92 Å². The number of hydrogen-bond donors (Lipinski definition) is 1. The van der Waals surface area contributed by atoms with Gasteiger partial charge in [-0.3, -0.25) is 9.80 Å². The summed E-state index contributed by atoms with van der Waals surface area (Å²) in [5.74, 6) is 0.927. The van der Waals surface area contributed by atoms with Gasteiger partial charge < -0.3 is 5.32 Å². The first-order valence-electron chi connectivity index (χ1n) is 8.66. The summed E-state index contributed by atoms with van der Waals surface area (Å²) < 4.78 is 0. The molecule has 1 aliphatic heterocycles. The van der Waals surface area contributed by atoms with Gasteiger partial charge in [-0.15, -0.1) is 0 Å². The van der Waals surface area contributed by atoms with Crippen molar-refractivity contribution < 1.29 is 0 Å². The van der Waals surface area contributed by atoms with Gasteiger partial charge in [0.25, 0.3) is 0 Å². The maximum absolute atomic E-state index is 3.79. The molecule has 0 radical (unpaired) electrons. The molecular formula is C17H35N3. The average molecular weight is 281 g/mol. The average Bonchev–Trinajstić information content (AvgIpc) is 2.38. The van der Waals surface area contributed by atoms with Crippen LogP contribution in [0.2, 0.25) is 0 Å². The molecule has 3 heteroatoms.